The van der Waals surface area contributed by atoms with Gasteiger partial charge < -0.3 is 30.1 Å². The topological polar surface area (TPSA) is 128 Å². The molecule has 2 heterocycles. The number of amides is 2. The van der Waals surface area contributed by atoms with Crippen LogP contribution in [0.1, 0.15) is 16.7 Å². The van der Waals surface area contributed by atoms with Crippen molar-refractivity contribution in [2.75, 3.05) is 0 Å². The molecule has 174 valence electrons. The highest BCUT2D eigenvalue weighted by molar-refractivity contribution is 6.43. The molecule has 2 amide bonds. The molecule has 0 aliphatic carbocycles. The molecule has 0 aliphatic heterocycles. The van der Waals surface area contributed by atoms with Gasteiger partial charge in [0.15, 0.2) is 0 Å². The highest BCUT2D eigenvalue weighted by Gasteiger charge is 2.32. The third-order valence-corrected chi connectivity index (χ3v) is 5.72. The zero-order valence-electron chi connectivity index (χ0n) is 18.5. The van der Waals surface area contributed by atoms with Crippen molar-refractivity contribution < 1.29 is 24.1 Å². The van der Waals surface area contributed by atoms with E-state index >= 15 is 0 Å². The van der Waals surface area contributed by atoms with Crippen LogP contribution in [-0.4, -0.2) is 39.9 Å². The molecule has 0 saturated carbocycles. The molecular formula is C25H26BN3O5. The van der Waals surface area contributed by atoms with Gasteiger partial charge in [0.1, 0.15) is 5.92 Å². The van der Waals surface area contributed by atoms with Crippen LogP contribution >= 0.6 is 0 Å². The average Bonchev–Trinajstić information content (AvgIpc) is 3.52. The van der Waals surface area contributed by atoms with E-state index in [2.05, 4.69) is 15.6 Å². The maximum absolute atomic E-state index is 13.2. The maximum atomic E-state index is 13.2. The predicted molar refractivity (Wildman–Crippen MR) is 128 cm³/mol. The van der Waals surface area contributed by atoms with E-state index in [9.17, 15) is 19.6 Å². The quantitative estimate of drug-likeness (QED) is 0.183. The number of hydrogen-bond donors (Lipinski definition) is 5. The lowest BCUT2D eigenvalue weighted by Gasteiger charge is -2.22. The molecule has 34 heavy (non-hydrogen) atoms. The number of H-pyrrole nitrogens is 1. The highest BCUT2D eigenvalue weighted by atomic mass is 16.4. The van der Waals surface area contributed by atoms with Crippen molar-refractivity contribution in [3.63, 3.8) is 0 Å². The van der Waals surface area contributed by atoms with E-state index in [0.29, 0.717) is 5.56 Å². The lowest BCUT2D eigenvalue weighted by atomic mass is 9.76. The molecule has 0 spiro atoms. The first-order valence-electron chi connectivity index (χ1n) is 11.0. The number of rotatable bonds is 10. The van der Waals surface area contributed by atoms with Crippen molar-refractivity contribution in [2.45, 2.75) is 25.3 Å². The Kier molecular flexibility index (Phi) is 7.46. The number of fused-ring (bicyclic) bond motifs is 1. The summed E-state index contributed by atoms with van der Waals surface area (Å²) < 4.78 is 5.02. The Bertz CT molecular complexity index is 1220. The number of nitrogens with one attached hydrogen (secondary N) is 3. The van der Waals surface area contributed by atoms with Gasteiger partial charge in [0, 0.05) is 18.3 Å². The molecule has 2 atom stereocenters. The fraction of sp³-hybridized carbons (Fsp3) is 0.200. The van der Waals surface area contributed by atoms with E-state index in [1.165, 1.54) is 12.5 Å². The van der Waals surface area contributed by atoms with Gasteiger partial charge in [0.25, 0.3) is 0 Å². The van der Waals surface area contributed by atoms with Crippen LogP contribution in [0.4, 0.5) is 0 Å². The molecule has 8 nitrogen and oxygen atoms in total. The fourth-order valence-corrected chi connectivity index (χ4v) is 3.86. The lowest BCUT2D eigenvalue weighted by Crippen LogP contribution is -2.52. The van der Waals surface area contributed by atoms with E-state index in [-0.39, 0.29) is 19.4 Å². The van der Waals surface area contributed by atoms with Crippen LogP contribution in [-0.2, 0) is 29.0 Å². The summed E-state index contributed by atoms with van der Waals surface area (Å²) >= 11 is 0. The second kappa shape index (κ2) is 10.9. The molecule has 5 N–H and O–H groups in total. The Labute approximate surface area is 197 Å². The zero-order chi connectivity index (χ0) is 23.9. The minimum atomic E-state index is -1.80. The van der Waals surface area contributed by atoms with E-state index in [1.54, 1.807) is 6.07 Å². The first-order chi connectivity index (χ1) is 16.5. The summed E-state index contributed by atoms with van der Waals surface area (Å²) in [6.45, 7) is 0.263. The SMILES string of the molecule is O=C(NCc1ccc2[nH]ccc2c1)C(Cc1ccccc1)C(=O)N[C@@H](Cc1ccoc1)B(O)O. The van der Waals surface area contributed by atoms with Crippen LogP contribution in [0, 0.1) is 5.92 Å². The number of carbonyl (C=O) groups is 2. The number of carbonyl (C=O) groups excluding carboxylic acids is 2. The molecule has 0 saturated heterocycles. The van der Waals surface area contributed by atoms with Gasteiger partial charge in [-0.3, -0.25) is 9.59 Å². The molecule has 1 unspecified atom stereocenters. The first kappa shape index (κ1) is 23.3. The minimum absolute atomic E-state index is 0.149. The van der Waals surface area contributed by atoms with Crippen molar-refractivity contribution in [2.24, 2.45) is 5.92 Å². The Morgan fingerprint density at radius 3 is 2.50 bits per heavy atom. The van der Waals surface area contributed by atoms with E-state index < -0.39 is 30.8 Å². The lowest BCUT2D eigenvalue weighted by molar-refractivity contribution is -0.135. The van der Waals surface area contributed by atoms with Gasteiger partial charge in [0.05, 0.1) is 18.5 Å². The molecule has 0 radical (unpaired) electrons. The monoisotopic (exact) mass is 459 g/mol. The third kappa shape index (κ3) is 5.95. The summed E-state index contributed by atoms with van der Waals surface area (Å²) in [7, 11) is -1.80. The minimum Gasteiger partial charge on any atom is -0.472 e. The molecular weight excluding hydrogens is 433 g/mol. The largest absolute Gasteiger partial charge is 0.475 e. The Morgan fingerprint density at radius 1 is 0.941 bits per heavy atom. The van der Waals surface area contributed by atoms with Crippen molar-refractivity contribution >= 4 is 29.8 Å². The third-order valence-electron chi connectivity index (χ3n) is 5.72. The fourth-order valence-electron chi connectivity index (χ4n) is 3.86. The summed E-state index contributed by atoms with van der Waals surface area (Å²) in [5, 5.41) is 26.1. The van der Waals surface area contributed by atoms with E-state index in [4.69, 9.17) is 4.42 Å². The van der Waals surface area contributed by atoms with Gasteiger partial charge in [-0.25, -0.2) is 0 Å². The van der Waals surface area contributed by atoms with E-state index in [1.807, 2.05) is 60.8 Å². The van der Waals surface area contributed by atoms with Gasteiger partial charge in [-0.1, -0.05) is 36.4 Å². The standard InChI is InChI=1S/C25H26BN3O5/c30-24(28-15-18-6-7-22-20(12-18)8-10-27-22)21(13-17-4-2-1-3-5-17)25(31)29-23(26(32)33)14-19-9-11-34-16-19/h1-12,16,21,23,27,32-33H,13-15H2,(H,28,30)(H,29,31)/t21?,23-/m0/s1. The molecule has 4 rings (SSSR count). The normalized spacial score (nSPS) is 12.8. The molecule has 0 bridgehead atoms. The van der Waals surface area contributed by atoms with Crippen LogP contribution < -0.4 is 10.6 Å². The van der Waals surface area contributed by atoms with Crippen molar-refractivity contribution in [1.29, 1.82) is 0 Å². The molecule has 0 aliphatic rings. The summed E-state index contributed by atoms with van der Waals surface area (Å²) in [5.41, 5.74) is 3.43. The average molecular weight is 459 g/mol. The summed E-state index contributed by atoms with van der Waals surface area (Å²) in [6, 6.07) is 18.7. The number of aromatic amines is 1. The summed E-state index contributed by atoms with van der Waals surface area (Å²) in [6.07, 6.45) is 5.11. The zero-order valence-corrected chi connectivity index (χ0v) is 18.5. The Hall–Kier alpha value is -3.82. The summed E-state index contributed by atoms with van der Waals surface area (Å²) in [5.74, 6) is -3.06. The summed E-state index contributed by atoms with van der Waals surface area (Å²) in [4.78, 5) is 29.4. The van der Waals surface area contributed by atoms with Crippen LogP contribution in [0.5, 0.6) is 0 Å². The number of benzene rings is 2. The van der Waals surface area contributed by atoms with Crippen LogP contribution in [0.25, 0.3) is 10.9 Å². The molecule has 4 aromatic rings. The Balaban J connectivity index is 1.47. The van der Waals surface area contributed by atoms with Crippen LogP contribution in [0.3, 0.4) is 0 Å². The van der Waals surface area contributed by atoms with Gasteiger partial charge in [-0.15, -0.1) is 0 Å². The van der Waals surface area contributed by atoms with Crippen LogP contribution in [0.2, 0.25) is 0 Å². The first-order valence-corrected chi connectivity index (χ1v) is 11.0. The molecule has 2 aromatic carbocycles. The highest BCUT2D eigenvalue weighted by Crippen LogP contribution is 2.15. The predicted octanol–water partition coefficient (Wildman–Crippen LogP) is 1.98. The second-order valence-electron chi connectivity index (χ2n) is 8.22. The second-order valence-corrected chi connectivity index (χ2v) is 8.22. The molecule has 0 fully saturated rings. The van der Waals surface area contributed by atoms with Crippen molar-refractivity contribution in [1.82, 2.24) is 15.6 Å². The van der Waals surface area contributed by atoms with Crippen molar-refractivity contribution in [3.05, 3.63) is 96.1 Å². The van der Waals surface area contributed by atoms with Crippen molar-refractivity contribution in [3.8, 4) is 0 Å². The maximum Gasteiger partial charge on any atom is 0.475 e. The van der Waals surface area contributed by atoms with Gasteiger partial charge in [0.2, 0.25) is 11.8 Å². The van der Waals surface area contributed by atoms with Gasteiger partial charge >= 0.3 is 7.12 Å². The number of aromatic nitrogens is 1. The van der Waals surface area contributed by atoms with Crippen LogP contribution in [0.15, 0.2) is 83.8 Å². The van der Waals surface area contributed by atoms with E-state index in [0.717, 1.165) is 22.0 Å². The smallest absolute Gasteiger partial charge is 0.472 e. The number of hydrogen-bond acceptors (Lipinski definition) is 5. The number of furan rings is 1. The van der Waals surface area contributed by atoms with Gasteiger partial charge in [-0.2, -0.15) is 0 Å². The van der Waals surface area contributed by atoms with Gasteiger partial charge in [-0.05, 0) is 59.2 Å². The Morgan fingerprint density at radius 2 is 1.76 bits per heavy atom. The molecule has 9 heteroatoms. The molecule has 2 aromatic heterocycles.